The summed E-state index contributed by atoms with van der Waals surface area (Å²) < 4.78 is 44.4. The maximum Gasteiger partial charge on any atom is 0.287 e. The highest BCUT2D eigenvalue weighted by atomic mass is 19.1. The minimum Gasteiger partial charge on any atom is -0.355 e. The molecule has 0 radical (unpaired) electrons. The van der Waals surface area contributed by atoms with Crippen LogP contribution in [0.2, 0.25) is 0 Å². The van der Waals surface area contributed by atoms with E-state index in [0.29, 0.717) is 27.9 Å². The van der Waals surface area contributed by atoms with E-state index in [4.69, 9.17) is 0 Å². The number of carbonyl (C=O) groups excluding carboxylic acids is 3. The Kier molecular flexibility index (Phi) is 8.93. The third kappa shape index (κ3) is 6.54. The van der Waals surface area contributed by atoms with Crippen molar-refractivity contribution >= 4 is 28.8 Å². The highest BCUT2D eigenvalue weighted by molar-refractivity contribution is 5.97. The summed E-state index contributed by atoms with van der Waals surface area (Å²) in [6.45, 7) is 1.53. The highest BCUT2D eigenvalue weighted by Gasteiger charge is 2.25. The molecule has 0 saturated carbocycles. The molecule has 2 aromatic heterocycles. The number of halogens is 3. The van der Waals surface area contributed by atoms with Gasteiger partial charge in [-0.25, -0.2) is 18.2 Å². The van der Waals surface area contributed by atoms with Gasteiger partial charge in [0.05, 0.1) is 28.3 Å². The molecule has 0 aliphatic carbocycles. The Morgan fingerprint density at radius 3 is 2.33 bits per heavy atom. The first kappa shape index (κ1) is 30.9. The summed E-state index contributed by atoms with van der Waals surface area (Å²) in [5.74, 6) is -3.92. The molecule has 0 fully saturated rings. The van der Waals surface area contributed by atoms with Crippen molar-refractivity contribution in [2.75, 3.05) is 14.1 Å². The minimum absolute atomic E-state index is 0.0345. The SMILES string of the molecule is CNC(=O)c1cc(-c2cccnc2[C@H](Cc2cc(F)cc(F)c2)NC(=O)Cn2c(C(=O)NC)nc3c(C)cccc32)ccc1F. The Hall–Kier alpha value is -5.52. The number of benzene rings is 3. The summed E-state index contributed by atoms with van der Waals surface area (Å²) in [6.07, 6.45) is 1.42. The van der Waals surface area contributed by atoms with Crippen molar-refractivity contribution in [2.45, 2.75) is 25.9 Å². The Morgan fingerprint density at radius 2 is 1.62 bits per heavy atom. The fraction of sp³-hybridized carbons (Fsp3) is 0.182. The molecule has 3 amide bonds. The number of imidazole rings is 1. The van der Waals surface area contributed by atoms with E-state index in [1.807, 2.05) is 13.0 Å². The number of pyridine rings is 1. The Labute approximate surface area is 256 Å². The average molecular weight is 615 g/mol. The zero-order valence-electron chi connectivity index (χ0n) is 24.6. The second-order valence-corrected chi connectivity index (χ2v) is 10.4. The summed E-state index contributed by atoms with van der Waals surface area (Å²) in [5, 5.41) is 7.86. The first-order valence-corrected chi connectivity index (χ1v) is 14.0. The van der Waals surface area contributed by atoms with E-state index in [1.165, 1.54) is 37.0 Å². The summed E-state index contributed by atoms with van der Waals surface area (Å²) in [6, 6.07) is 14.8. The first-order chi connectivity index (χ1) is 21.6. The number of rotatable bonds is 9. The Morgan fingerprint density at radius 1 is 0.889 bits per heavy atom. The third-order valence-corrected chi connectivity index (χ3v) is 7.33. The van der Waals surface area contributed by atoms with Crippen LogP contribution in [-0.2, 0) is 17.8 Å². The molecule has 0 saturated heterocycles. The largest absolute Gasteiger partial charge is 0.355 e. The van der Waals surface area contributed by atoms with Gasteiger partial charge in [0.2, 0.25) is 11.7 Å². The summed E-state index contributed by atoms with van der Waals surface area (Å²) in [5.41, 5.74) is 3.19. The predicted molar refractivity (Wildman–Crippen MR) is 162 cm³/mol. The van der Waals surface area contributed by atoms with Crippen molar-refractivity contribution < 1.29 is 27.6 Å². The van der Waals surface area contributed by atoms with Crippen LogP contribution >= 0.6 is 0 Å². The Bertz CT molecular complexity index is 1920. The molecule has 5 aromatic rings. The second-order valence-electron chi connectivity index (χ2n) is 10.4. The fourth-order valence-electron chi connectivity index (χ4n) is 5.24. The smallest absolute Gasteiger partial charge is 0.287 e. The molecule has 12 heteroatoms. The lowest BCUT2D eigenvalue weighted by atomic mass is 9.94. The van der Waals surface area contributed by atoms with E-state index in [2.05, 4.69) is 25.9 Å². The van der Waals surface area contributed by atoms with Crippen molar-refractivity contribution in [3.8, 4) is 11.1 Å². The van der Waals surface area contributed by atoms with Crippen LogP contribution < -0.4 is 16.0 Å². The van der Waals surface area contributed by atoms with Crippen LogP contribution in [0.25, 0.3) is 22.2 Å². The zero-order chi connectivity index (χ0) is 32.2. The predicted octanol–water partition coefficient (Wildman–Crippen LogP) is 4.64. The molecule has 1 atom stereocenters. The lowest BCUT2D eigenvalue weighted by Gasteiger charge is -2.22. The number of hydrogen-bond donors (Lipinski definition) is 3. The topological polar surface area (TPSA) is 118 Å². The monoisotopic (exact) mass is 614 g/mol. The van der Waals surface area contributed by atoms with Crippen molar-refractivity contribution in [3.05, 3.63) is 119 Å². The second kappa shape index (κ2) is 13.0. The van der Waals surface area contributed by atoms with Gasteiger partial charge < -0.3 is 20.5 Å². The minimum atomic E-state index is -0.941. The lowest BCUT2D eigenvalue weighted by molar-refractivity contribution is -0.122. The summed E-state index contributed by atoms with van der Waals surface area (Å²) in [4.78, 5) is 47.7. The van der Waals surface area contributed by atoms with Gasteiger partial charge in [-0.1, -0.05) is 24.3 Å². The molecule has 2 heterocycles. The number of nitrogens with zero attached hydrogens (tertiary/aromatic N) is 3. The fourth-order valence-corrected chi connectivity index (χ4v) is 5.24. The van der Waals surface area contributed by atoms with Gasteiger partial charge >= 0.3 is 0 Å². The zero-order valence-corrected chi connectivity index (χ0v) is 24.6. The highest BCUT2D eigenvalue weighted by Crippen LogP contribution is 2.31. The lowest BCUT2D eigenvalue weighted by Crippen LogP contribution is -2.35. The number of para-hydroxylation sites is 1. The van der Waals surface area contributed by atoms with E-state index in [0.717, 1.165) is 29.8 Å². The Balaban J connectivity index is 1.57. The van der Waals surface area contributed by atoms with Gasteiger partial charge in [-0.05, 0) is 66.4 Å². The number of aromatic nitrogens is 3. The van der Waals surface area contributed by atoms with E-state index < -0.39 is 41.2 Å². The van der Waals surface area contributed by atoms with Crippen LogP contribution in [-0.4, -0.2) is 46.4 Å². The number of fused-ring (bicyclic) bond motifs is 1. The molecule has 0 bridgehead atoms. The van der Waals surface area contributed by atoms with E-state index in [-0.39, 0.29) is 29.9 Å². The molecule has 3 N–H and O–H groups in total. The van der Waals surface area contributed by atoms with Crippen molar-refractivity contribution in [1.29, 1.82) is 0 Å². The summed E-state index contributed by atoms with van der Waals surface area (Å²) >= 11 is 0. The van der Waals surface area contributed by atoms with Gasteiger partial charge in [0, 0.05) is 31.9 Å². The molecule has 0 spiro atoms. The molecular weight excluding hydrogens is 585 g/mol. The third-order valence-electron chi connectivity index (χ3n) is 7.33. The maximum absolute atomic E-state index is 14.5. The number of aryl methyl sites for hydroxylation is 1. The van der Waals surface area contributed by atoms with Crippen LogP contribution in [0.3, 0.4) is 0 Å². The van der Waals surface area contributed by atoms with Gasteiger partial charge in [0.1, 0.15) is 24.0 Å². The van der Waals surface area contributed by atoms with Crippen LogP contribution in [0.1, 0.15) is 43.8 Å². The van der Waals surface area contributed by atoms with Crippen LogP contribution in [0, 0.1) is 24.4 Å². The van der Waals surface area contributed by atoms with E-state index in [9.17, 15) is 27.6 Å². The molecule has 3 aromatic carbocycles. The first-order valence-electron chi connectivity index (χ1n) is 14.0. The number of nitrogens with one attached hydrogen (secondary N) is 3. The van der Waals surface area contributed by atoms with Crippen molar-refractivity contribution in [3.63, 3.8) is 0 Å². The van der Waals surface area contributed by atoms with Crippen LogP contribution in [0.5, 0.6) is 0 Å². The van der Waals surface area contributed by atoms with Crippen molar-refractivity contribution in [2.24, 2.45) is 0 Å². The van der Waals surface area contributed by atoms with Gasteiger partial charge in [0.25, 0.3) is 11.8 Å². The molecule has 9 nitrogen and oxygen atoms in total. The molecule has 0 aliphatic heterocycles. The van der Waals surface area contributed by atoms with E-state index in [1.54, 1.807) is 24.3 Å². The molecular formula is C33H29F3N6O3. The van der Waals surface area contributed by atoms with Crippen molar-refractivity contribution in [1.82, 2.24) is 30.5 Å². The number of carbonyl (C=O) groups is 3. The van der Waals surface area contributed by atoms with E-state index >= 15 is 0 Å². The van der Waals surface area contributed by atoms with Gasteiger partial charge in [-0.2, -0.15) is 0 Å². The molecule has 230 valence electrons. The number of hydrogen-bond acceptors (Lipinski definition) is 5. The van der Waals surface area contributed by atoms with Crippen LogP contribution in [0.4, 0.5) is 13.2 Å². The van der Waals surface area contributed by atoms with Gasteiger partial charge in [-0.3, -0.25) is 19.4 Å². The maximum atomic E-state index is 14.5. The normalized spacial score (nSPS) is 11.7. The molecule has 0 aliphatic rings. The number of amides is 3. The van der Waals surface area contributed by atoms with Crippen LogP contribution in [0.15, 0.2) is 72.9 Å². The quantitative estimate of drug-likeness (QED) is 0.224. The molecule has 0 unspecified atom stereocenters. The average Bonchev–Trinajstić information content (AvgIpc) is 3.39. The van der Waals surface area contributed by atoms with Gasteiger partial charge in [0.15, 0.2) is 0 Å². The summed E-state index contributed by atoms with van der Waals surface area (Å²) in [7, 11) is 2.84. The molecule has 5 rings (SSSR count). The molecule has 45 heavy (non-hydrogen) atoms. The van der Waals surface area contributed by atoms with Gasteiger partial charge in [-0.15, -0.1) is 0 Å². The standard InChI is InChI=1S/C33H29F3N6O3/c1-18-6-4-8-27-29(18)41-31(33(45)38-3)42(27)17-28(43)40-26(14-19-12-21(34)16-22(35)13-19)30-23(7-5-11-39-30)20-9-10-25(36)24(15-20)32(44)37-2/h4-13,15-16,26H,14,17H2,1-3H3,(H,37,44)(H,38,45)(H,40,43)/t26-/m0/s1.